The minimum Gasteiger partial charge on any atom is -0.368 e. The summed E-state index contributed by atoms with van der Waals surface area (Å²) >= 11 is 9.46. The van der Waals surface area contributed by atoms with E-state index in [0.717, 1.165) is 28.1 Å². The smallest absolute Gasteiger partial charge is 0.0953 e. The van der Waals surface area contributed by atoms with E-state index in [9.17, 15) is 0 Å². The molecule has 0 spiro atoms. The molecule has 0 aliphatic heterocycles. The number of nitrogens with one attached hydrogen (secondary N) is 1. The summed E-state index contributed by atoms with van der Waals surface area (Å²) in [6.07, 6.45) is 0.0250. The highest BCUT2D eigenvalue weighted by Gasteiger charge is 2.12. The van der Waals surface area contributed by atoms with Crippen LogP contribution in [-0.2, 0) is 11.3 Å². The Balaban J connectivity index is 2.04. The van der Waals surface area contributed by atoms with Gasteiger partial charge in [-0.3, -0.25) is 0 Å². The summed E-state index contributed by atoms with van der Waals surface area (Å²) in [5, 5.41) is 4.09. The van der Waals surface area contributed by atoms with Crippen LogP contribution in [0.5, 0.6) is 0 Å². The van der Waals surface area contributed by atoms with Gasteiger partial charge in [0.15, 0.2) is 0 Å². The molecule has 2 aromatic carbocycles. The second kappa shape index (κ2) is 8.54. The molecule has 0 bridgehead atoms. The molecule has 1 unspecified atom stereocenters. The number of hydrogen-bond acceptors (Lipinski definition) is 2. The number of rotatable bonds is 7. The first-order valence-corrected chi connectivity index (χ1v) is 8.18. The van der Waals surface area contributed by atoms with Gasteiger partial charge in [-0.2, -0.15) is 0 Å². The Hall–Kier alpha value is -0.870. The van der Waals surface area contributed by atoms with Crippen LogP contribution in [-0.4, -0.2) is 13.1 Å². The summed E-state index contributed by atoms with van der Waals surface area (Å²) in [6, 6.07) is 16.0. The number of hydrogen-bond donors (Lipinski definition) is 1. The molecule has 2 rings (SSSR count). The molecule has 0 saturated heterocycles. The van der Waals surface area contributed by atoms with Crippen molar-refractivity contribution in [1.29, 1.82) is 0 Å². The highest BCUT2D eigenvalue weighted by atomic mass is 79.9. The zero-order valence-electron chi connectivity index (χ0n) is 12.0. The average molecular weight is 369 g/mol. The minimum absolute atomic E-state index is 0.0250. The van der Waals surface area contributed by atoms with E-state index in [1.807, 2.05) is 36.4 Å². The lowest BCUT2D eigenvalue weighted by atomic mass is 10.1. The van der Waals surface area contributed by atoms with Gasteiger partial charge in [-0.15, -0.1) is 0 Å². The van der Waals surface area contributed by atoms with Crippen molar-refractivity contribution in [2.24, 2.45) is 0 Å². The van der Waals surface area contributed by atoms with Crippen LogP contribution in [0.3, 0.4) is 0 Å². The van der Waals surface area contributed by atoms with E-state index in [2.05, 4.69) is 40.3 Å². The quantitative estimate of drug-likeness (QED) is 0.745. The van der Waals surface area contributed by atoms with E-state index in [0.29, 0.717) is 6.61 Å². The summed E-state index contributed by atoms with van der Waals surface area (Å²) in [7, 11) is 0. The molecule has 0 amide bonds. The summed E-state index contributed by atoms with van der Waals surface area (Å²) in [6.45, 7) is 4.36. The van der Waals surface area contributed by atoms with E-state index in [1.54, 1.807) is 0 Å². The van der Waals surface area contributed by atoms with Crippen molar-refractivity contribution in [3.8, 4) is 0 Å². The van der Waals surface area contributed by atoms with E-state index < -0.39 is 0 Å². The molecule has 1 atom stereocenters. The summed E-state index contributed by atoms with van der Waals surface area (Å²) in [5.74, 6) is 0. The van der Waals surface area contributed by atoms with E-state index in [-0.39, 0.29) is 6.10 Å². The van der Waals surface area contributed by atoms with Crippen molar-refractivity contribution < 1.29 is 4.74 Å². The van der Waals surface area contributed by atoms with Crippen LogP contribution in [0.4, 0.5) is 0 Å². The van der Waals surface area contributed by atoms with Gasteiger partial charge in [-0.1, -0.05) is 58.7 Å². The molecule has 0 fully saturated rings. The van der Waals surface area contributed by atoms with Crippen molar-refractivity contribution in [2.75, 3.05) is 13.1 Å². The molecule has 112 valence electrons. The van der Waals surface area contributed by atoms with Crippen LogP contribution < -0.4 is 5.32 Å². The third-order valence-electron chi connectivity index (χ3n) is 3.16. The molecule has 4 heteroatoms. The first kappa shape index (κ1) is 16.5. The average Bonchev–Trinajstić information content (AvgIpc) is 2.49. The Bertz CT molecular complexity index is 559. The normalized spacial score (nSPS) is 12.3. The lowest BCUT2D eigenvalue weighted by Gasteiger charge is -2.19. The molecule has 2 nitrogen and oxygen atoms in total. The summed E-state index contributed by atoms with van der Waals surface area (Å²) < 4.78 is 7.15. The van der Waals surface area contributed by atoms with Crippen LogP contribution in [0.1, 0.15) is 24.2 Å². The van der Waals surface area contributed by atoms with Gasteiger partial charge in [0.2, 0.25) is 0 Å². The van der Waals surface area contributed by atoms with Crippen molar-refractivity contribution >= 4 is 27.5 Å². The molecule has 0 aliphatic rings. The van der Waals surface area contributed by atoms with Gasteiger partial charge >= 0.3 is 0 Å². The zero-order chi connectivity index (χ0) is 15.1. The SMILES string of the molecule is CCNCC(OCc1cccc(Cl)c1)c1ccc(Br)cc1. The largest absolute Gasteiger partial charge is 0.368 e. The Morgan fingerprint density at radius 1 is 1.19 bits per heavy atom. The fourth-order valence-electron chi connectivity index (χ4n) is 2.05. The highest BCUT2D eigenvalue weighted by molar-refractivity contribution is 9.10. The first-order chi connectivity index (χ1) is 10.2. The number of benzene rings is 2. The number of ether oxygens (including phenoxy) is 1. The van der Waals surface area contributed by atoms with E-state index in [4.69, 9.17) is 16.3 Å². The first-order valence-electron chi connectivity index (χ1n) is 7.01. The fraction of sp³-hybridized carbons (Fsp3) is 0.294. The van der Waals surface area contributed by atoms with Crippen LogP contribution in [0.15, 0.2) is 53.0 Å². The van der Waals surface area contributed by atoms with Gasteiger partial charge in [0, 0.05) is 16.0 Å². The maximum absolute atomic E-state index is 6.07. The molecule has 0 saturated carbocycles. The van der Waals surface area contributed by atoms with Gasteiger partial charge < -0.3 is 10.1 Å². The van der Waals surface area contributed by atoms with Crippen molar-refractivity contribution in [3.05, 3.63) is 69.2 Å². The van der Waals surface area contributed by atoms with Gasteiger partial charge in [0.05, 0.1) is 12.7 Å². The summed E-state index contributed by atoms with van der Waals surface area (Å²) in [4.78, 5) is 0. The molecule has 0 radical (unpaired) electrons. The van der Waals surface area contributed by atoms with E-state index in [1.165, 1.54) is 5.56 Å². The minimum atomic E-state index is 0.0250. The topological polar surface area (TPSA) is 21.3 Å². The monoisotopic (exact) mass is 367 g/mol. The molecule has 0 aliphatic carbocycles. The molecule has 1 N–H and O–H groups in total. The Morgan fingerprint density at radius 2 is 1.95 bits per heavy atom. The third-order valence-corrected chi connectivity index (χ3v) is 3.93. The van der Waals surface area contributed by atoms with Crippen LogP contribution in [0.2, 0.25) is 5.02 Å². The van der Waals surface area contributed by atoms with Crippen LogP contribution in [0, 0.1) is 0 Å². The Kier molecular flexibility index (Phi) is 6.71. The molecule has 0 heterocycles. The lowest BCUT2D eigenvalue weighted by Crippen LogP contribution is -2.23. The molecule has 0 aromatic heterocycles. The predicted molar refractivity (Wildman–Crippen MR) is 91.7 cm³/mol. The molecule has 21 heavy (non-hydrogen) atoms. The maximum atomic E-state index is 6.07. The highest BCUT2D eigenvalue weighted by Crippen LogP contribution is 2.22. The van der Waals surface area contributed by atoms with Gasteiger partial charge in [-0.05, 0) is 41.9 Å². The van der Waals surface area contributed by atoms with Crippen molar-refractivity contribution in [3.63, 3.8) is 0 Å². The molecular formula is C17H19BrClNO. The van der Waals surface area contributed by atoms with Crippen LogP contribution >= 0.6 is 27.5 Å². The maximum Gasteiger partial charge on any atom is 0.0953 e. The second-order valence-electron chi connectivity index (χ2n) is 4.79. The third kappa shape index (κ3) is 5.44. The van der Waals surface area contributed by atoms with Crippen molar-refractivity contribution in [1.82, 2.24) is 5.32 Å². The second-order valence-corrected chi connectivity index (χ2v) is 6.14. The fourth-order valence-corrected chi connectivity index (χ4v) is 2.53. The van der Waals surface area contributed by atoms with Gasteiger partial charge in [0.25, 0.3) is 0 Å². The van der Waals surface area contributed by atoms with Crippen LogP contribution in [0.25, 0.3) is 0 Å². The van der Waals surface area contributed by atoms with Crippen molar-refractivity contribution in [2.45, 2.75) is 19.6 Å². The number of halogens is 2. The predicted octanol–water partition coefficient (Wildman–Crippen LogP) is 4.97. The standard InChI is InChI=1S/C17H19BrClNO/c1-2-20-11-17(14-6-8-15(18)9-7-14)21-12-13-4-3-5-16(19)10-13/h3-10,17,20H,2,11-12H2,1H3. The Morgan fingerprint density at radius 3 is 2.62 bits per heavy atom. The lowest BCUT2D eigenvalue weighted by molar-refractivity contribution is 0.0401. The van der Waals surface area contributed by atoms with Gasteiger partial charge in [0.1, 0.15) is 0 Å². The number of likely N-dealkylation sites (N-methyl/N-ethyl adjacent to an activating group) is 1. The zero-order valence-corrected chi connectivity index (χ0v) is 14.3. The van der Waals surface area contributed by atoms with Gasteiger partial charge in [-0.25, -0.2) is 0 Å². The molecular weight excluding hydrogens is 350 g/mol. The Labute approximate surface area is 139 Å². The summed E-state index contributed by atoms with van der Waals surface area (Å²) in [5.41, 5.74) is 2.25. The molecule has 2 aromatic rings. The van der Waals surface area contributed by atoms with E-state index >= 15 is 0 Å².